The van der Waals surface area contributed by atoms with Crippen molar-refractivity contribution < 1.29 is 23.1 Å². The first kappa shape index (κ1) is 20.3. The van der Waals surface area contributed by atoms with Gasteiger partial charge in [-0.3, -0.25) is 9.59 Å². The summed E-state index contributed by atoms with van der Waals surface area (Å²) >= 11 is 0. The zero-order valence-corrected chi connectivity index (χ0v) is 17.8. The molecule has 7 nitrogen and oxygen atoms in total. The highest BCUT2D eigenvalue weighted by molar-refractivity contribution is 6.00. The van der Waals surface area contributed by atoms with E-state index in [0.29, 0.717) is 49.9 Å². The molecule has 3 aromatic rings. The number of aromatic nitrogens is 2. The van der Waals surface area contributed by atoms with E-state index in [9.17, 15) is 18.4 Å². The van der Waals surface area contributed by atoms with Crippen LogP contribution >= 0.6 is 0 Å². The number of hydrogen-bond donors (Lipinski definition) is 0. The van der Waals surface area contributed by atoms with Gasteiger partial charge in [0.05, 0.1) is 23.3 Å². The number of pyridine rings is 1. The zero-order valence-electron chi connectivity index (χ0n) is 17.8. The van der Waals surface area contributed by atoms with Gasteiger partial charge in [-0.25, -0.2) is 13.3 Å². The minimum absolute atomic E-state index is 0.120. The van der Waals surface area contributed by atoms with Crippen molar-refractivity contribution in [3.05, 3.63) is 71.6 Å². The van der Waals surface area contributed by atoms with E-state index in [1.807, 2.05) is 18.2 Å². The molecular formula is C24H22F2N4O3. The largest absolute Gasteiger partial charge is 0.342 e. The molecule has 1 spiro atoms. The molecule has 0 aliphatic carbocycles. The van der Waals surface area contributed by atoms with Crippen LogP contribution in [0.25, 0.3) is 5.52 Å². The Hall–Kier alpha value is -3.33. The van der Waals surface area contributed by atoms with Crippen LogP contribution in [0.4, 0.5) is 8.78 Å². The third-order valence-electron chi connectivity index (χ3n) is 7.10. The summed E-state index contributed by atoms with van der Waals surface area (Å²) in [5.41, 5.74) is 0.720. The van der Waals surface area contributed by atoms with Crippen LogP contribution in [-0.2, 0) is 9.53 Å². The van der Waals surface area contributed by atoms with Gasteiger partial charge in [0.2, 0.25) is 0 Å². The summed E-state index contributed by atoms with van der Waals surface area (Å²) in [4.78, 5) is 30.0. The van der Waals surface area contributed by atoms with Crippen molar-refractivity contribution in [3.63, 3.8) is 0 Å². The second-order valence-corrected chi connectivity index (χ2v) is 8.96. The fourth-order valence-corrected chi connectivity index (χ4v) is 5.48. The van der Waals surface area contributed by atoms with Gasteiger partial charge in [0, 0.05) is 38.2 Å². The maximum atomic E-state index is 13.8. The second-order valence-electron chi connectivity index (χ2n) is 8.96. The molecule has 33 heavy (non-hydrogen) atoms. The standard InChI is InChI=1S/C24H22F2N4O3/c25-16-11-15(12-17(26)13-16)19-4-5-21-30(19)23(32)24(33-21)6-9-28(10-7-24)22(31)18-14-27-29-8-2-1-3-20(18)29/h1-3,8,11-14,19,21H,4-7,9-10H2/t19-,21+/m0/s1. The zero-order chi connectivity index (χ0) is 22.7. The Kier molecular flexibility index (Phi) is 4.52. The predicted octanol–water partition coefficient (Wildman–Crippen LogP) is 3.31. The molecular weight excluding hydrogens is 430 g/mol. The van der Waals surface area contributed by atoms with Crippen LogP contribution in [0, 0.1) is 11.6 Å². The molecule has 3 aliphatic heterocycles. The van der Waals surface area contributed by atoms with E-state index >= 15 is 0 Å². The Labute approximate surface area is 188 Å². The SMILES string of the molecule is O=C(c1cnn2ccccc12)N1CCC2(CC1)O[C@@H]1CC[C@@H](c3cc(F)cc(F)c3)N1C2=O. The van der Waals surface area contributed by atoms with Gasteiger partial charge in [-0.1, -0.05) is 6.07 Å². The van der Waals surface area contributed by atoms with Gasteiger partial charge in [0.25, 0.3) is 11.8 Å². The van der Waals surface area contributed by atoms with Crippen LogP contribution in [-0.4, -0.2) is 56.1 Å². The second kappa shape index (κ2) is 7.34. The third kappa shape index (κ3) is 3.13. The number of amides is 2. The lowest BCUT2D eigenvalue weighted by molar-refractivity contribution is -0.142. The lowest BCUT2D eigenvalue weighted by atomic mass is 9.89. The van der Waals surface area contributed by atoms with Crippen LogP contribution < -0.4 is 0 Å². The minimum atomic E-state index is -0.993. The molecule has 0 unspecified atom stereocenters. The number of halogens is 2. The summed E-state index contributed by atoms with van der Waals surface area (Å²) in [5, 5.41) is 4.24. The van der Waals surface area contributed by atoms with Gasteiger partial charge in [0.15, 0.2) is 5.60 Å². The number of fused-ring (bicyclic) bond motifs is 2. The van der Waals surface area contributed by atoms with Crippen molar-refractivity contribution in [1.82, 2.24) is 19.4 Å². The number of likely N-dealkylation sites (tertiary alicyclic amines) is 1. The summed E-state index contributed by atoms with van der Waals surface area (Å²) < 4.78 is 35.5. The van der Waals surface area contributed by atoms with Gasteiger partial charge < -0.3 is 14.5 Å². The number of ether oxygens (including phenoxy) is 1. The Morgan fingerprint density at radius 2 is 1.85 bits per heavy atom. The lowest BCUT2D eigenvalue weighted by Crippen LogP contribution is -2.51. The first-order valence-corrected chi connectivity index (χ1v) is 11.1. The number of benzene rings is 1. The highest BCUT2D eigenvalue weighted by Gasteiger charge is 2.58. The van der Waals surface area contributed by atoms with Crippen LogP contribution in [0.3, 0.4) is 0 Å². The monoisotopic (exact) mass is 452 g/mol. The molecule has 0 N–H and O–H groups in total. The third-order valence-corrected chi connectivity index (χ3v) is 7.10. The van der Waals surface area contributed by atoms with Crippen molar-refractivity contribution in [3.8, 4) is 0 Å². The highest BCUT2D eigenvalue weighted by Crippen LogP contribution is 2.47. The Balaban J connectivity index is 1.20. The summed E-state index contributed by atoms with van der Waals surface area (Å²) in [7, 11) is 0. The molecule has 170 valence electrons. The average molecular weight is 452 g/mol. The first-order valence-electron chi connectivity index (χ1n) is 11.1. The Morgan fingerprint density at radius 1 is 1.09 bits per heavy atom. The molecule has 0 saturated carbocycles. The molecule has 9 heteroatoms. The molecule has 2 amide bonds. The fraction of sp³-hybridized carbons (Fsp3) is 0.375. The maximum Gasteiger partial charge on any atom is 0.257 e. The summed E-state index contributed by atoms with van der Waals surface area (Å²) in [6.07, 6.45) is 4.92. The summed E-state index contributed by atoms with van der Waals surface area (Å²) in [6, 6.07) is 8.54. The van der Waals surface area contributed by atoms with E-state index in [1.54, 1.807) is 26.7 Å². The van der Waals surface area contributed by atoms with Crippen LogP contribution in [0.2, 0.25) is 0 Å². The lowest BCUT2D eigenvalue weighted by Gasteiger charge is -2.37. The molecule has 5 heterocycles. The van der Waals surface area contributed by atoms with Gasteiger partial charge >= 0.3 is 0 Å². The summed E-state index contributed by atoms with van der Waals surface area (Å²) in [6.45, 7) is 0.767. The van der Waals surface area contributed by atoms with Crippen LogP contribution in [0.5, 0.6) is 0 Å². The Bertz CT molecular complexity index is 1250. The maximum absolute atomic E-state index is 13.8. The van der Waals surface area contributed by atoms with E-state index in [4.69, 9.17) is 4.74 Å². The van der Waals surface area contributed by atoms with E-state index in [1.165, 1.54) is 12.1 Å². The van der Waals surface area contributed by atoms with Crippen LogP contribution in [0.15, 0.2) is 48.8 Å². The minimum Gasteiger partial charge on any atom is -0.342 e. The van der Waals surface area contributed by atoms with Crippen molar-refractivity contribution in [2.75, 3.05) is 13.1 Å². The topological polar surface area (TPSA) is 67.2 Å². The van der Waals surface area contributed by atoms with Crippen molar-refractivity contribution in [1.29, 1.82) is 0 Å². The van der Waals surface area contributed by atoms with Crippen LogP contribution in [0.1, 0.15) is 47.6 Å². The number of piperidine rings is 1. The molecule has 2 aromatic heterocycles. The molecule has 3 saturated heterocycles. The van der Waals surface area contributed by atoms with E-state index in [2.05, 4.69) is 5.10 Å². The molecule has 3 aliphatic rings. The van der Waals surface area contributed by atoms with Crippen molar-refractivity contribution in [2.45, 2.75) is 43.6 Å². The normalized spacial score (nSPS) is 24.1. The number of hydrogen-bond acceptors (Lipinski definition) is 4. The summed E-state index contributed by atoms with van der Waals surface area (Å²) in [5.74, 6) is -1.58. The predicted molar refractivity (Wildman–Crippen MR) is 113 cm³/mol. The molecule has 1 aromatic carbocycles. The van der Waals surface area contributed by atoms with Crippen molar-refractivity contribution >= 4 is 17.3 Å². The highest BCUT2D eigenvalue weighted by atomic mass is 19.1. The smallest absolute Gasteiger partial charge is 0.257 e. The fourth-order valence-electron chi connectivity index (χ4n) is 5.48. The molecule has 0 bridgehead atoms. The van der Waals surface area contributed by atoms with Gasteiger partial charge in [-0.2, -0.15) is 5.10 Å². The average Bonchev–Trinajstić information content (AvgIpc) is 3.48. The van der Waals surface area contributed by atoms with Gasteiger partial charge in [0.1, 0.15) is 17.9 Å². The molecule has 3 fully saturated rings. The molecule has 2 atom stereocenters. The number of carbonyl (C=O) groups is 2. The van der Waals surface area contributed by atoms with Gasteiger partial charge in [-0.15, -0.1) is 0 Å². The number of carbonyl (C=O) groups excluding carboxylic acids is 2. The Morgan fingerprint density at radius 3 is 2.61 bits per heavy atom. The number of nitrogens with zero attached hydrogens (tertiary/aromatic N) is 4. The molecule has 6 rings (SSSR count). The van der Waals surface area contributed by atoms with Gasteiger partial charge in [-0.05, 0) is 42.7 Å². The number of rotatable bonds is 2. The molecule has 0 radical (unpaired) electrons. The van der Waals surface area contributed by atoms with Crippen molar-refractivity contribution in [2.24, 2.45) is 0 Å². The van der Waals surface area contributed by atoms with E-state index < -0.39 is 29.5 Å². The van der Waals surface area contributed by atoms with E-state index in [0.717, 1.165) is 11.6 Å². The first-order chi connectivity index (χ1) is 15.9. The quantitative estimate of drug-likeness (QED) is 0.599. The van der Waals surface area contributed by atoms with E-state index in [-0.39, 0.29) is 11.8 Å².